The normalized spacial score (nSPS) is 15.8. The fraction of sp³-hybridized carbons (Fsp3) is 0.368. The third kappa shape index (κ3) is 2.86. The monoisotopic (exact) mass is 300 g/mol. The third-order valence-corrected chi connectivity index (χ3v) is 4.57. The molecule has 2 aromatic carbocycles. The van der Waals surface area contributed by atoms with E-state index in [4.69, 9.17) is 16.3 Å². The van der Waals surface area contributed by atoms with Crippen molar-refractivity contribution in [1.82, 2.24) is 0 Å². The van der Waals surface area contributed by atoms with Crippen LogP contribution in [-0.2, 0) is 23.4 Å². The molecule has 0 radical (unpaired) electrons. The van der Waals surface area contributed by atoms with Crippen molar-refractivity contribution in [3.8, 4) is 0 Å². The minimum absolute atomic E-state index is 0.0869. The third-order valence-electron chi connectivity index (χ3n) is 4.08. The molecule has 1 nitrogen and oxygen atoms in total. The summed E-state index contributed by atoms with van der Waals surface area (Å²) in [5, 5.41) is -0.119. The lowest BCUT2D eigenvalue weighted by Gasteiger charge is -2.25. The van der Waals surface area contributed by atoms with E-state index in [-0.39, 0.29) is 10.8 Å². The second-order valence-electron chi connectivity index (χ2n) is 6.72. The topological polar surface area (TPSA) is 9.23 Å². The van der Waals surface area contributed by atoms with E-state index in [1.165, 1.54) is 22.3 Å². The van der Waals surface area contributed by atoms with Gasteiger partial charge in [0.15, 0.2) is 0 Å². The highest BCUT2D eigenvalue weighted by molar-refractivity contribution is 6.22. The fourth-order valence-electron chi connectivity index (χ4n) is 2.93. The molecule has 0 spiro atoms. The molecule has 0 bridgehead atoms. The van der Waals surface area contributed by atoms with Crippen LogP contribution < -0.4 is 0 Å². The quantitative estimate of drug-likeness (QED) is 0.680. The van der Waals surface area contributed by atoms with Gasteiger partial charge < -0.3 is 4.74 Å². The van der Waals surface area contributed by atoms with E-state index in [1.54, 1.807) is 0 Å². The van der Waals surface area contributed by atoms with E-state index in [2.05, 4.69) is 63.2 Å². The van der Waals surface area contributed by atoms with Crippen LogP contribution in [0.25, 0.3) is 0 Å². The molecule has 0 aromatic heterocycles. The van der Waals surface area contributed by atoms with Crippen molar-refractivity contribution < 1.29 is 4.74 Å². The average molecular weight is 301 g/mol. The molecule has 1 unspecified atom stereocenters. The Bertz CT molecular complexity index is 655. The molecular formula is C19H21ClO. The maximum Gasteiger partial charge on any atom is 0.0838 e. The van der Waals surface area contributed by atoms with Gasteiger partial charge in [-0.25, -0.2) is 0 Å². The summed E-state index contributed by atoms with van der Waals surface area (Å²) in [7, 11) is 0. The number of halogens is 1. The number of hydrogen-bond donors (Lipinski definition) is 0. The highest BCUT2D eigenvalue weighted by Crippen LogP contribution is 2.37. The van der Waals surface area contributed by atoms with E-state index >= 15 is 0 Å². The van der Waals surface area contributed by atoms with Gasteiger partial charge in [0.25, 0.3) is 0 Å². The Morgan fingerprint density at radius 2 is 1.71 bits per heavy atom. The van der Waals surface area contributed by atoms with Gasteiger partial charge in [-0.1, -0.05) is 63.2 Å². The van der Waals surface area contributed by atoms with Crippen LogP contribution in [0.1, 0.15) is 54.0 Å². The number of ether oxygens (including phenoxy) is 1. The Hall–Kier alpha value is -1.31. The van der Waals surface area contributed by atoms with Gasteiger partial charge in [0.1, 0.15) is 0 Å². The first-order chi connectivity index (χ1) is 9.97. The van der Waals surface area contributed by atoms with Gasteiger partial charge in [0.05, 0.1) is 18.6 Å². The molecular weight excluding hydrogens is 280 g/mol. The maximum atomic E-state index is 6.80. The molecule has 2 heteroatoms. The minimum atomic E-state index is -0.119. The molecule has 1 aliphatic heterocycles. The van der Waals surface area contributed by atoms with Crippen LogP contribution >= 0.6 is 11.6 Å². The highest BCUT2D eigenvalue weighted by atomic mass is 35.5. The van der Waals surface area contributed by atoms with Crippen LogP contribution in [0.3, 0.4) is 0 Å². The number of rotatable bonds is 2. The van der Waals surface area contributed by atoms with Crippen molar-refractivity contribution in [3.63, 3.8) is 0 Å². The molecule has 2 aromatic rings. The van der Waals surface area contributed by atoms with Crippen molar-refractivity contribution in [3.05, 3.63) is 70.3 Å². The minimum Gasteiger partial charge on any atom is -0.372 e. The van der Waals surface area contributed by atoms with Crippen molar-refractivity contribution in [2.45, 2.75) is 44.8 Å². The highest BCUT2D eigenvalue weighted by Gasteiger charge is 2.23. The van der Waals surface area contributed by atoms with E-state index in [9.17, 15) is 0 Å². The molecule has 0 fully saturated rings. The molecule has 3 rings (SSSR count). The molecule has 0 N–H and O–H groups in total. The summed E-state index contributed by atoms with van der Waals surface area (Å²) in [5.41, 5.74) is 6.30. The molecule has 1 heterocycles. The molecule has 0 amide bonds. The maximum absolute atomic E-state index is 6.80. The number of alkyl halides is 1. The van der Waals surface area contributed by atoms with Crippen molar-refractivity contribution in [2.75, 3.05) is 0 Å². The lowest BCUT2D eigenvalue weighted by atomic mass is 9.82. The van der Waals surface area contributed by atoms with Gasteiger partial charge in [-0.2, -0.15) is 0 Å². The van der Waals surface area contributed by atoms with E-state index in [0.717, 1.165) is 12.2 Å². The lowest BCUT2D eigenvalue weighted by Crippen LogP contribution is -2.15. The van der Waals surface area contributed by atoms with Gasteiger partial charge in [-0.05, 0) is 33.2 Å². The summed E-state index contributed by atoms with van der Waals surface area (Å²) < 4.78 is 5.49. The first-order valence-electron chi connectivity index (χ1n) is 7.40. The number of hydrogen-bond acceptors (Lipinski definition) is 1. The van der Waals surface area contributed by atoms with Crippen LogP contribution in [0.2, 0.25) is 0 Å². The second kappa shape index (κ2) is 5.47. The van der Waals surface area contributed by atoms with Gasteiger partial charge >= 0.3 is 0 Å². The number of benzene rings is 2. The Kier molecular flexibility index (Phi) is 3.81. The first kappa shape index (κ1) is 14.6. The summed E-state index contributed by atoms with van der Waals surface area (Å²) in [6.45, 7) is 8.11. The van der Waals surface area contributed by atoms with E-state index in [0.29, 0.717) is 6.61 Å². The molecule has 0 aliphatic carbocycles. The zero-order chi connectivity index (χ0) is 15.0. The Morgan fingerprint density at radius 1 is 1.00 bits per heavy atom. The van der Waals surface area contributed by atoms with Gasteiger partial charge in [0.2, 0.25) is 0 Å². The summed E-state index contributed by atoms with van der Waals surface area (Å²) >= 11 is 6.80. The Balaban J connectivity index is 2.01. The van der Waals surface area contributed by atoms with Gasteiger partial charge in [0, 0.05) is 0 Å². The predicted octanol–water partition coefficient (Wildman–Crippen LogP) is 5.34. The van der Waals surface area contributed by atoms with Crippen molar-refractivity contribution >= 4 is 11.6 Å². The summed E-state index contributed by atoms with van der Waals surface area (Å²) in [4.78, 5) is 0. The van der Waals surface area contributed by atoms with Crippen LogP contribution in [0.4, 0.5) is 0 Å². The first-order valence-corrected chi connectivity index (χ1v) is 7.83. The summed E-state index contributed by atoms with van der Waals surface area (Å²) in [5.74, 6) is 0. The zero-order valence-corrected chi connectivity index (χ0v) is 13.6. The van der Waals surface area contributed by atoms with Crippen LogP contribution in [0, 0.1) is 0 Å². The summed E-state index contributed by atoms with van der Waals surface area (Å²) in [6.07, 6.45) is 0. The fourth-order valence-corrected chi connectivity index (χ4v) is 3.26. The zero-order valence-electron chi connectivity index (χ0n) is 12.8. The molecule has 0 saturated heterocycles. The van der Waals surface area contributed by atoms with E-state index < -0.39 is 0 Å². The molecule has 1 atom stereocenters. The smallest absolute Gasteiger partial charge is 0.0838 e. The molecule has 110 valence electrons. The largest absolute Gasteiger partial charge is 0.372 e. The lowest BCUT2D eigenvalue weighted by molar-refractivity contribution is 0.134. The van der Waals surface area contributed by atoms with E-state index in [1.807, 2.05) is 0 Å². The Morgan fingerprint density at radius 3 is 2.48 bits per heavy atom. The molecule has 1 aliphatic rings. The van der Waals surface area contributed by atoms with Crippen molar-refractivity contribution in [2.24, 2.45) is 0 Å². The summed E-state index contributed by atoms with van der Waals surface area (Å²) in [6, 6.07) is 14.9. The predicted molar refractivity (Wildman–Crippen MR) is 87.8 cm³/mol. The number of fused-ring (bicyclic) bond motifs is 1. The second-order valence-corrected chi connectivity index (χ2v) is 7.16. The molecule has 0 saturated carbocycles. The Labute approximate surface area is 131 Å². The van der Waals surface area contributed by atoms with Crippen LogP contribution in [0.15, 0.2) is 42.5 Å². The van der Waals surface area contributed by atoms with Gasteiger partial charge in [-0.3, -0.25) is 0 Å². The standard InChI is InChI=1S/C19H21ClO/c1-19(2,3)17-7-5-4-6-16(17)18(20)13-8-9-14-11-21-12-15(14)10-13/h4-10,18H,11-12H2,1-3H3. The molecule has 21 heavy (non-hydrogen) atoms. The SMILES string of the molecule is CC(C)(C)c1ccccc1C(Cl)c1ccc2c(c1)COC2. The average Bonchev–Trinajstić information content (AvgIpc) is 2.93. The van der Waals surface area contributed by atoms with Gasteiger partial charge in [-0.15, -0.1) is 11.6 Å². The van der Waals surface area contributed by atoms with Crippen LogP contribution in [0.5, 0.6) is 0 Å². The van der Waals surface area contributed by atoms with Crippen molar-refractivity contribution in [1.29, 1.82) is 0 Å². The van der Waals surface area contributed by atoms with Crippen LogP contribution in [-0.4, -0.2) is 0 Å².